The molecular weight excluding hydrogens is 323 g/mol. The van der Waals surface area contributed by atoms with Gasteiger partial charge in [0.05, 0.1) is 18.1 Å². The fraction of sp³-hybridized carbons (Fsp3) is 0.211. The van der Waals surface area contributed by atoms with Crippen LogP contribution in [0.2, 0.25) is 0 Å². The monoisotopic (exact) mass is 340 g/mol. The topological polar surface area (TPSA) is 70.4 Å². The van der Waals surface area contributed by atoms with E-state index < -0.39 is 24.3 Å². The Balaban J connectivity index is 2.04. The van der Waals surface area contributed by atoms with Crippen LogP contribution < -0.4 is 4.90 Å². The summed E-state index contributed by atoms with van der Waals surface area (Å²) in [6.07, 6.45) is 0.151. The highest BCUT2D eigenvalue weighted by molar-refractivity contribution is 5.97. The van der Waals surface area contributed by atoms with Crippen LogP contribution >= 0.6 is 0 Å². The van der Waals surface area contributed by atoms with Crippen molar-refractivity contribution in [3.05, 3.63) is 65.5 Å². The molecule has 0 bridgehead atoms. The number of rotatable bonds is 6. The number of hydrogen-bond donors (Lipinski definition) is 0. The molecule has 2 aromatic carbocycles. The Hall–Kier alpha value is -3.20. The quantitative estimate of drug-likeness (QED) is 0.757. The van der Waals surface area contributed by atoms with Gasteiger partial charge >= 0.3 is 5.97 Å². The zero-order valence-electron chi connectivity index (χ0n) is 13.7. The number of ether oxygens (including phenoxy) is 1. The average molecular weight is 340 g/mol. The number of halogens is 1. The van der Waals surface area contributed by atoms with Gasteiger partial charge in [-0.2, -0.15) is 5.26 Å². The first kappa shape index (κ1) is 18.1. The molecule has 0 aliphatic heterocycles. The van der Waals surface area contributed by atoms with E-state index in [2.05, 4.69) is 0 Å². The van der Waals surface area contributed by atoms with Gasteiger partial charge in [-0.25, -0.2) is 9.18 Å². The first-order chi connectivity index (χ1) is 12.0. The SMILES string of the molecule is Cc1ccc(C(=O)OCC(=O)N(CCC#N)c2ccccc2)cc1F. The van der Waals surface area contributed by atoms with Crippen molar-refractivity contribution in [3.8, 4) is 6.07 Å². The van der Waals surface area contributed by atoms with Crippen LogP contribution in [0.1, 0.15) is 22.3 Å². The Labute approximate surface area is 145 Å². The number of hydrogen-bond acceptors (Lipinski definition) is 4. The van der Waals surface area contributed by atoms with E-state index in [4.69, 9.17) is 10.00 Å². The summed E-state index contributed by atoms with van der Waals surface area (Å²) in [7, 11) is 0. The van der Waals surface area contributed by atoms with E-state index in [0.717, 1.165) is 6.07 Å². The smallest absolute Gasteiger partial charge is 0.338 e. The highest BCUT2D eigenvalue weighted by Gasteiger charge is 2.18. The fourth-order valence-electron chi connectivity index (χ4n) is 2.18. The summed E-state index contributed by atoms with van der Waals surface area (Å²) in [4.78, 5) is 25.7. The van der Waals surface area contributed by atoms with E-state index in [9.17, 15) is 14.0 Å². The third kappa shape index (κ3) is 4.88. The van der Waals surface area contributed by atoms with Crippen LogP contribution in [0.25, 0.3) is 0 Å². The molecule has 0 saturated heterocycles. The number of carbonyl (C=O) groups excluding carboxylic acids is 2. The van der Waals surface area contributed by atoms with Crippen LogP contribution in [-0.2, 0) is 9.53 Å². The lowest BCUT2D eigenvalue weighted by Gasteiger charge is -2.21. The van der Waals surface area contributed by atoms with Crippen molar-refractivity contribution in [2.75, 3.05) is 18.1 Å². The first-order valence-electron chi connectivity index (χ1n) is 7.68. The molecule has 128 valence electrons. The van der Waals surface area contributed by atoms with Gasteiger partial charge in [-0.05, 0) is 36.8 Å². The standard InChI is InChI=1S/C19H17FN2O3/c1-14-8-9-15(12-17(14)20)19(24)25-13-18(23)22(11-5-10-21)16-6-3-2-4-7-16/h2-4,6-9,12H,5,11,13H2,1H3. The van der Waals surface area contributed by atoms with Crippen molar-refractivity contribution in [1.82, 2.24) is 0 Å². The average Bonchev–Trinajstić information content (AvgIpc) is 2.63. The van der Waals surface area contributed by atoms with E-state index in [-0.39, 0.29) is 18.5 Å². The molecule has 0 radical (unpaired) electrons. The van der Waals surface area contributed by atoms with Gasteiger partial charge in [0.2, 0.25) is 0 Å². The van der Waals surface area contributed by atoms with E-state index in [1.54, 1.807) is 31.2 Å². The van der Waals surface area contributed by atoms with E-state index in [0.29, 0.717) is 11.3 Å². The molecule has 1 amide bonds. The van der Waals surface area contributed by atoms with Crippen LogP contribution in [0.5, 0.6) is 0 Å². The van der Waals surface area contributed by atoms with Crippen LogP contribution in [0.15, 0.2) is 48.5 Å². The number of anilines is 1. The van der Waals surface area contributed by atoms with Gasteiger partial charge in [0.1, 0.15) is 5.82 Å². The third-order valence-electron chi connectivity index (χ3n) is 3.55. The summed E-state index contributed by atoms with van der Waals surface area (Å²) >= 11 is 0. The molecule has 0 unspecified atom stereocenters. The molecule has 0 N–H and O–H groups in total. The minimum Gasteiger partial charge on any atom is -0.452 e. The van der Waals surface area contributed by atoms with Gasteiger partial charge in [-0.3, -0.25) is 4.79 Å². The fourth-order valence-corrected chi connectivity index (χ4v) is 2.18. The molecule has 0 aliphatic rings. The number of para-hydroxylation sites is 1. The summed E-state index contributed by atoms with van der Waals surface area (Å²) in [6, 6.07) is 14.8. The molecule has 6 heteroatoms. The molecule has 0 atom stereocenters. The lowest BCUT2D eigenvalue weighted by Crippen LogP contribution is -2.35. The lowest BCUT2D eigenvalue weighted by molar-refractivity contribution is -0.121. The number of aryl methyl sites for hydroxylation is 1. The Morgan fingerprint density at radius 3 is 2.56 bits per heavy atom. The number of carbonyl (C=O) groups is 2. The molecule has 25 heavy (non-hydrogen) atoms. The van der Waals surface area contributed by atoms with Crippen LogP contribution in [0, 0.1) is 24.1 Å². The summed E-state index contributed by atoms with van der Waals surface area (Å²) in [5.74, 6) is -1.75. The summed E-state index contributed by atoms with van der Waals surface area (Å²) < 4.78 is 18.5. The number of esters is 1. The van der Waals surface area contributed by atoms with Gasteiger partial charge in [0.15, 0.2) is 6.61 Å². The molecule has 0 aliphatic carbocycles. The van der Waals surface area contributed by atoms with E-state index in [1.807, 2.05) is 12.1 Å². The van der Waals surface area contributed by atoms with Gasteiger partial charge < -0.3 is 9.64 Å². The molecule has 0 spiro atoms. The Bertz CT molecular complexity index is 800. The van der Waals surface area contributed by atoms with Crippen LogP contribution in [-0.4, -0.2) is 25.0 Å². The van der Waals surface area contributed by atoms with Crippen molar-refractivity contribution in [2.24, 2.45) is 0 Å². The molecule has 0 fully saturated rings. The largest absolute Gasteiger partial charge is 0.452 e. The lowest BCUT2D eigenvalue weighted by atomic mass is 10.1. The first-order valence-corrected chi connectivity index (χ1v) is 7.68. The van der Waals surface area contributed by atoms with Crippen molar-refractivity contribution in [3.63, 3.8) is 0 Å². The molecular formula is C19H17FN2O3. The summed E-state index contributed by atoms with van der Waals surface area (Å²) in [5, 5.41) is 8.75. The number of benzene rings is 2. The second-order valence-electron chi connectivity index (χ2n) is 5.33. The Morgan fingerprint density at radius 1 is 1.20 bits per heavy atom. The number of nitriles is 1. The minimum absolute atomic E-state index is 0.0409. The van der Waals surface area contributed by atoms with Crippen molar-refractivity contribution < 1.29 is 18.7 Å². The Morgan fingerprint density at radius 2 is 1.92 bits per heavy atom. The van der Waals surface area contributed by atoms with Crippen molar-refractivity contribution in [1.29, 1.82) is 5.26 Å². The second-order valence-corrected chi connectivity index (χ2v) is 5.33. The van der Waals surface area contributed by atoms with Gasteiger partial charge in [-0.15, -0.1) is 0 Å². The number of amides is 1. The van der Waals surface area contributed by atoms with Gasteiger partial charge in [-0.1, -0.05) is 24.3 Å². The molecule has 2 rings (SSSR count). The van der Waals surface area contributed by atoms with Crippen LogP contribution in [0.3, 0.4) is 0 Å². The number of nitrogens with zero attached hydrogens (tertiary/aromatic N) is 2. The minimum atomic E-state index is -0.777. The van der Waals surface area contributed by atoms with Gasteiger partial charge in [0, 0.05) is 12.2 Å². The van der Waals surface area contributed by atoms with Crippen molar-refractivity contribution >= 4 is 17.6 Å². The Kier molecular flexibility index (Phi) is 6.24. The molecule has 0 heterocycles. The third-order valence-corrected chi connectivity index (χ3v) is 3.55. The maximum atomic E-state index is 13.5. The van der Waals surface area contributed by atoms with Gasteiger partial charge in [0.25, 0.3) is 5.91 Å². The maximum Gasteiger partial charge on any atom is 0.338 e. The van der Waals surface area contributed by atoms with E-state index >= 15 is 0 Å². The zero-order chi connectivity index (χ0) is 18.2. The molecule has 5 nitrogen and oxygen atoms in total. The molecule has 2 aromatic rings. The summed E-state index contributed by atoms with van der Waals surface area (Å²) in [5.41, 5.74) is 1.07. The van der Waals surface area contributed by atoms with E-state index in [1.165, 1.54) is 17.0 Å². The molecule has 0 saturated carbocycles. The zero-order valence-corrected chi connectivity index (χ0v) is 13.7. The molecule has 0 aromatic heterocycles. The van der Waals surface area contributed by atoms with Crippen LogP contribution in [0.4, 0.5) is 10.1 Å². The predicted octanol–water partition coefficient (Wildman–Crippen LogP) is 3.24. The predicted molar refractivity (Wildman–Crippen MR) is 90.4 cm³/mol. The summed E-state index contributed by atoms with van der Waals surface area (Å²) in [6.45, 7) is 1.28. The maximum absolute atomic E-state index is 13.5. The normalized spacial score (nSPS) is 9.96. The highest BCUT2D eigenvalue weighted by atomic mass is 19.1. The highest BCUT2D eigenvalue weighted by Crippen LogP contribution is 2.15. The van der Waals surface area contributed by atoms with Crippen molar-refractivity contribution in [2.45, 2.75) is 13.3 Å². The second kappa shape index (κ2) is 8.60.